The average molecular weight is 240 g/mol. The molecule has 1 amide bonds. The molecule has 0 aromatic heterocycles. The molecule has 100 valence electrons. The van der Waals surface area contributed by atoms with Crippen LogP contribution in [0.4, 0.5) is 0 Å². The van der Waals surface area contributed by atoms with Crippen molar-refractivity contribution in [1.29, 1.82) is 0 Å². The highest BCUT2D eigenvalue weighted by Gasteiger charge is 2.37. The monoisotopic (exact) mass is 240 g/mol. The molecule has 1 atom stereocenters. The van der Waals surface area contributed by atoms with Gasteiger partial charge in [0.2, 0.25) is 5.91 Å². The predicted octanol–water partition coefficient (Wildman–Crippen LogP) is 2.59. The maximum absolute atomic E-state index is 11.9. The third-order valence-corrected chi connectivity index (χ3v) is 4.03. The summed E-state index contributed by atoms with van der Waals surface area (Å²) in [4.78, 5) is 11.9. The van der Waals surface area contributed by atoms with Gasteiger partial charge in [-0.05, 0) is 38.1 Å². The highest BCUT2D eigenvalue weighted by Crippen LogP contribution is 2.42. The first-order valence-corrected chi connectivity index (χ1v) is 7.11. The van der Waals surface area contributed by atoms with Gasteiger partial charge < -0.3 is 11.1 Å². The molecule has 3 heteroatoms. The molecule has 1 aliphatic carbocycles. The Morgan fingerprint density at radius 1 is 1.41 bits per heavy atom. The van der Waals surface area contributed by atoms with E-state index in [1.165, 1.54) is 25.7 Å². The number of nitrogens with two attached hydrogens (primary N) is 1. The van der Waals surface area contributed by atoms with Gasteiger partial charge in [0.05, 0.1) is 0 Å². The van der Waals surface area contributed by atoms with Gasteiger partial charge in [-0.25, -0.2) is 0 Å². The maximum Gasteiger partial charge on any atom is 0.220 e. The smallest absolute Gasteiger partial charge is 0.220 e. The summed E-state index contributed by atoms with van der Waals surface area (Å²) in [7, 11) is 0. The van der Waals surface area contributed by atoms with Crippen molar-refractivity contribution in [1.82, 2.24) is 5.32 Å². The fraction of sp³-hybridized carbons (Fsp3) is 0.929. The Hall–Kier alpha value is -0.570. The molecule has 0 heterocycles. The lowest BCUT2D eigenvalue weighted by atomic mass is 9.66. The van der Waals surface area contributed by atoms with Crippen LogP contribution in [0, 0.1) is 5.41 Å². The highest BCUT2D eigenvalue weighted by atomic mass is 16.1. The van der Waals surface area contributed by atoms with Crippen LogP contribution in [-0.2, 0) is 4.79 Å². The second-order valence-electron chi connectivity index (χ2n) is 5.70. The average Bonchev–Trinajstić information content (AvgIpc) is 2.24. The molecule has 0 saturated heterocycles. The van der Waals surface area contributed by atoms with E-state index in [4.69, 9.17) is 5.73 Å². The molecule has 1 saturated carbocycles. The molecule has 17 heavy (non-hydrogen) atoms. The van der Waals surface area contributed by atoms with Crippen LogP contribution in [0.5, 0.6) is 0 Å². The molecular formula is C14H28N2O. The second-order valence-corrected chi connectivity index (χ2v) is 5.70. The van der Waals surface area contributed by atoms with E-state index in [9.17, 15) is 4.79 Å². The summed E-state index contributed by atoms with van der Waals surface area (Å²) in [5, 5.41) is 3.10. The van der Waals surface area contributed by atoms with Crippen LogP contribution in [0.1, 0.15) is 65.2 Å². The van der Waals surface area contributed by atoms with Crippen LogP contribution in [0.25, 0.3) is 0 Å². The minimum atomic E-state index is 0.132. The second kappa shape index (κ2) is 7.00. The van der Waals surface area contributed by atoms with Crippen LogP contribution in [-0.4, -0.2) is 18.5 Å². The van der Waals surface area contributed by atoms with Crippen molar-refractivity contribution >= 4 is 5.91 Å². The van der Waals surface area contributed by atoms with E-state index in [0.717, 1.165) is 19.3 Å². The molecular weight excluding hydrogens is 212 g/mol. The quantitative estimate of drug-likeness (QED) is 0.641. The summed E-state index contributed by atoms with van der Waals surface area (Å²) in [6.45, 7) is 4.96. The van der Waals surface area contributed by atoms with Gasteiger partial charge in [-0.3, -0.25) is 4.79 Å². The zero-order valence-electron chi connectivity index (χ0n) is 11.4. The van der Waals surface area contributed by atoms with Crippen LogP contribution in [0.15, 0.2) is 0 Å². The number of carbonyl (C=O) groups excluding carboxylic acids is 1. The fourth-order valence-electron chi connectivity index (χ4n) is 2.57. The molecule has 1 unspecified atom stereocenters. The van der Waals surface area contributed by atoms with Gasteiger partial charge in [0.1, 0.15) is 0 Å². The lowest BCUT2D eigenvalue weighted by Gasteiger charge is -2.40. The van der Waals surface area contributed by atoms with Gasteiger partial charge in [0.25, 0.3) is 0 Å². The summed E-state index contributed by atoms with van der Waals surface area (Å²) in [6.07, 6.45) is 8.90. The van der Waals surface area contributed by atoms with Crippen LogP contribution < -0.4 is 11.1 Å². The van der Waals surface area contributed by atoms with Crippen molar-refractivity contribution < 1.29 is 4.79 Å². The molecule has 1 aliphatic rings. The molecule has 3 nitrogen and oxygen atoms in total. The number of hydrogen-bond donors (Lipinski definition) is 2. The van der Waals surface area contributed by atoms with Crippen LogP contribution >= 0.6 is 0 Å². The van der Waals surface area contributed by atoms with E-state index in [2.05, 4.69) is 19.2 Å². The number of carbonyl (C=O) groups is 1. The van der Waals surface area contributed by atoms with E-state index in [-0.39, 0.29) is 11.3 Å². The Kier molecular flexibility index (Phi) is 5.96. The van der Waals surface area contributed by atoms with Gasteiger partial charge in [-0.1, -0.05) is 32.6 Å². The molecule has 0 aliphatic heterocycles. The van der Waals surface area contributed by atoms with E-state index in [1.807, 2.05) is 0 Å². The minimum Gasteiger partial charge on any atom is -0.354 e. The third-order valence-electron chi connectivity index (χ3n) is 4.03. The Bertz CT molecular complexity index is 231. The fourth-order valence-corrected chi connectivity index (χ4v) is 2.57. The normalized spacial score (nSPS) is 19.5. The Balaban J connectivity index is 2.19. The van der Waals surface area contributed by atoms with Crippen molar-refractivity contribution in [3.63, 3.8) is 0 Å². The largest absolute Gasteiger partial charge is 0.354 e. The maximum atomic E-state index is 11.9. The summed E-state index contributed by atoms with van der Waals surface area (Å²) in [5.74, 6) is 0.194. The summed E-state index contributed by atoms with van der Waals surface area (Å²) >= 11 is 0. The van der Waals surface area contributed by atoms with Gasteiger partial charge in [0, 0.05) is 12.5 Å². The number of hydrogen-bond acceptors (Lipinski definition) is 2. The topological polar surface area (TPSA) is 55.1 Å². The molecule has 1 fully saturated rings. The third kappa shape index (κ3) is 4.66. The van der Waals surface area contributed by atoms with Crippen molar-refractivity contribution in [2.75, 3.05) is 6.54 Å². The van der Waals surface area contributed by atoms with Crippen LogP contribution in [0.3, 0.4) is 0 Å². The van der Waals surface area contributed by atoms with Crippen molar-refractivity contribution in [2.24, 2.45) is 11.1 Å². The lowest BCUT2D eigenvalue weighted by Crippen LogP contribution is -2.43. The van der Waals surface area contributed by atoms with E-state index >= 15 is 0 Å². The highest BCUT2D eigenvalue weighted by molar-refractivity contribution is 5.77. The van der Waals surface area contributed by atoms with Gasteiger partial charge in [0.15, 0.2) is 0 Å². The summed E-state index contributed by atoms with van der Waals surface area (Å²) in [5.41, 5.74) is 5.90. The van der Waals surface area contributed by atoms with Crippen molar-refractivity contribution in [2.45, 2.75) is 71.3 Å². The lowest BCUT2D eigenvalue weighted by molar-refractivity contribution is -0.125. The van der Waals surface area contributed by atoms with Gasteiger partial charge in [-0.15, -0.1) is 0 Å². The standard InChI is InChI=1S/C14H28N2O/c1-3-4-5-7-12(2)16-13(17)10-14(11-15)8-6-9-14/h12H,3-11,15H2,1-2H3,(H,16,17). The summed E-state index contributed by atoms with van der Waals surface area (Å²) in [6, 6.07) is 0.309. The molecule has 0 aromatic carbocycles. The predicted molar refractivity (Wildman–Crippen MR) is 71.7 cm³/mol. The first-order valence-electron chi connectivity index (χ1n) is 7.11. The zero-order chi connectivity index (χ0) is 12.7. The minimum absolute atomic E-state index is 0.132. The Labute approximate surface area is 106 Å². The zero-order valence-corrected chi connectivity index (χ0v) is 11.4. The molecule has 1 rings (SSSR count). The van der Waals surface area contributed by atoms with Crippen molar-refractivity contribution in [3.8, 4) is 0 Å². The number of rotatable bonds is 8. The summed E-state index contributed by atoms with van der Waals surface area (Å²) < 4.78 is 0. The molecule has 0 radical (unpaired) electrons. The van der Waals surface area contributed by atoms with E-state index in [1.54, 1.807) is 0 Å². The van der Waals surface area contributed by atoms with Gasteiger partial charge in [-0.2, -0.15) is 0 Å². The van der Waals surface area contributed by atoms with E-state index in [0.29, 0.717) is 19.0 Å². The first kappa shape index (κ1) is 14.5. The molecule has 0 spiro atoms. The molecule has 3 N–H and O–H groups in total. The molecule has 0 aromatic rings. The number of unbranched alkanes of at least 4 members (excludes halogenated alkanes) is 2. The van der Waals surface area contributed by atoms with Gasteiger partial charge >= 0.3 is 0 Å². The first-order chi connectivity index (χ1) is 8.12. The Morgan fingerprint density at radius 2 is 2.12 bits per heavy atom. The number of amides is 1. The van der Waals surface area contributed by atoms with Crippen molar-refractivity contribution in [3.05, 3.63) is 0 Å². The van der Waals surface area contributed by atoms with E-state index < -0.39 is 0 Å². The SMILES string of the molecule is CCCCCC(C)NC(=O)CC1(CN)CCC1. The molecule has 0 bridgehead atoms. The Morgan fingerprint density at radius 3 is 2.59 bits per heavy atom. The van der Waals surface area contributed by atoms with Crippen LogP contribution in [0.2, 0.25) is 0 Å². The number of nitrogens with one attached hydrogen (secondary N) is 1.